The summed E-state index contributed by atoms with van der Waals surface area (Å²) in [6, 6.07) is 6.30. The fourth-order valence-electron chi connectivity index (χ4n) is 2.67. The van der Waals surface area contributed by atoms with Crippen molar-refractivity contribution in [2.75, 3.05) is 18.0 Å². The average Bonchev–Trinajstić information content (AvgIpc) is 2.32. The van der Waals surface area contributed by atoms with Crippen molar-refractivity contribution in [3.8, 4) is 0 Å². The lowest BCUT2D eigenvalue weighted by Crippen LogP contribution is -2.60. The molecule has 1 heterocycles. The third kappa shape index (κ3) is 2.81. The summed E-state index contributed by atoms with van der Waals surface area (Å²) in [4.78, 5) is 14.2. The Hall–Kier alpha value is -1.35. The summed E-state index contributed by atoms with van der Waals surface area (Å²) in [6.45, 7) is 11.9. The van der Waals surface area contributed by atoms with Gasteiger partial charge in [-0.25, -0.2) is 0 Å². The van der Waals surface area contributed by atoms with Gasteiger partial charge in [-0.2, -0.15) is 0 Å². The monoisotopic (exact) mass is 260 g/mol. The van der Waals surface area contributed by atoms with Crippen molar-refractivity contribution < 1.29 is 4.79 Å². The molecule has 19 heavy (non-hydrogen) atoms. The second-order valence-electron chi connectivity index (χ2n) is 6.38. The van der Waals surface area contributed by atoms with E-state index in [2.05, 4.69) is 58.1 Å². The number of amides is 1. The molecule has 2 rings (SSSR count). The van der Waals surface area contributed by atoms with Gasteiger partial charge in [0.2, 0.25) is 5.91 Å². The maximum atomic E-state index is 12.3. The van der Waals surface area contributed by atoms with Crippen molar-refractivity contribution in [1.29, 1.82) is 0 Å². The van der Waals surface area contributed by atoms with Crippen LogP contribution in [0.4, 0.5) is 5.69 Å². The Bertz CT molecular complexity index is 492. The Labute approximate surface area is 116 Å². The first-order chi connectivity index (χ1) is 8.82. The molecule has 1 amide bonds. The lowest BCUT2D eigenvalue weighted by atomic mass is 9.94. The Kier molecular flexibility index (Phi) is 3.68. The molecule has 1 aliphatic heterocycles. The summed E-state index contributed by atoms with van der Waals surface area (Å²) in [5, 5.41) is 3.28. The maximum absolute atomic E-state index is 12.3. The third-order valence-electron chi connectivity index (χ3n) is 3.73. The predicted octanol–water partition coefficient (Wildman–Crippen LogP) is 2.83. The van der Waals surface area contributed by atoms with Gasteiger partial charge in [-0.15, -0.1) is 0 Å². The van der Waals surface area contributed by atoms with E-state index in [-0.39, 0.29) is 11.4 Å². The predicted molar refractivity (Wildman–Crippen MR) is 79.7 cm³/mol. The highest BCUT2D eigenvalue weighted by Crippen LogP contribution is 2.32. The van der Waals surface area contributed by atoms with E-state index in [9.17, 15) is 4.79 Å². The van der Waals surface area contributed by atoms with Gasteiger partial charge in [0.1, 0.15) is 0 Å². The van der Waals surface area contributed by atoms with E-state index in [1.807, 2.05) is 4.90 Å². The molecule has 1 saturated heterocycles. The van der Waals surface area contributed by atoms with Crippen LogP contribution in [0.1, 0.15) is 44.7 Å². The van der Waals surface area contributed by atoms with Crippen LogP contribution in [0.25, 0.3) is 0 Å². The number of carbonyl (C=O) groups excluding carboxylic acids is 1. The second kappa shape index (κ2) is 4.97. The summed E-state index contributed by atoms with van der Waals surface area (Å²) < 4.78 is 0. The number of aryl methyl sites for hydroxylation is 1. The van der Waals surface area contributed by atoms with Crippen molar-refractivity contribution in [2.24, 2.45) is 0 Å². The molecule has 1 aliphatic rings. The number of carbonyl (C=O) groups is 1. The number of hydrogen-bond acceptors (Lipinski definition) is 2. The fraction of sp³-hybridized carbons (Fsp3) is 0.562. The van der Waals surface area contributed by atoms with Crippen molar-refractivity contribution in [1.82, 2.24) is 5.32 Å². The third-order valence-corrected chi connectivity index (χ3v) is 3.73. The van der Waals surface area contributed by atoms with E-state index in [0.717, 1.165) is 12.2 Å². The van der Waals surface area contributed by atoms with E-state index in [4.69, 9.17) is 0 Å². The smallest absolute Gasteiger partial charge is 0.241 e. The molecular weight excluding hydrogens is 236 g/mol. The van der Waals surface area contributed by atoms with Crippen LogP contribution in [0.3, 0.4) is 0 Å². The largest absolute Gasteiger partial charge is 0.309 e. The SMILES string of the molecule is Cc1cccc(C(C)C)c1N1CC(C)(C)NCC1=O. The lowest BCUT2D eigenvalue weighted by molar-refractivity contribution is -0.119. The Balaban J connectivity index is 2.48. The van der Waals surface area contributed by atoms with Crippen molar-refractivity contribution in [3.05, 3.63) is 29.3 Å². The minimum absolute atomic E-state index is 0.0373. The van der Waals surface area contributed by atoms with Gasteiger partial charge < -0.3 is 10.2 Å². The number of nitrogens with one attached hydrogen (secondary N) is 1. The molecule has 0 aliphatic carbocycles. The summed E-state index contributed by atoms with van der Waals surface area (Å²) in [7, 11) is 0. The van der Waals surface area contributed by atoms with Gasteiger partial charge in [0.05, 0.1) is 12.2 Å². The van der Waals surface area contributed by atoms with Crippen molar-refractivity contribution in [2.45, 2.75) is 46.1 Å². The normalized spacial score (nSPS) is 19.1. The van der Waals surface area contributed by atoms with E-state index in [1.54, 1.807) is 0 Å². The van der Waals surface area contributed by atoms with Crippen LogP contribution in [-0.2, 0) is 4.79 Å². The fourth-order valence-corrected chi connectivity index (χ4v) is 2.67. The molecule has 0 atom stereocenters. The molecule has 0 unspecified atom stereocenters. The summed E-state index contributed by atoms with van der Waals surface area (Å²) in [5.41, 5.74) is 3.50. The van der Waals surface area contributed by atoms with Crippen molar-refractivity contribution >= 4 is 11.6 Å². The number of anilines is 1. The van der Waals surface area contributed by atoms with Gasteiger partial charge in [-0.1, -0.05) is 32.0 Å². The summed E-state index contributed by atoms with van der Waals surface area (Å²) in [6.07, 6.45) is 0. The summed E-state index contributed by atoms with van der Waals surface area (Å²) >= 11 is 0. The molecule has 0 spiro atoms. The first kappa shape index (κ1) is 14.1. The Morgan fingerprint density at radius 1 is 1.32 bits per heavy atom. The molecule has 3 heteroatoms. The first-order valence-electron chi connectivity index (χ1n) is 6.97. The molecule has 0 bridgehead atoms. The average molecular weight is 260 g/mol. The van der Waals surface area contributed by atoms with Crippen LogP contribution < -0.4 is 10.2 Å². The van der Waals surface area contributed by atoms with Gasteiger partial charge in [-0.05, 0) is 37.8 Å². The van der Waals surface area contributed by atoms with E-state index < -0.39 is 0 Å². The zero-order chi connectivity index (χ0) is 14.2. The Morgan fingerprint density at radius 3 is 2.63 bits per heavy atom. The second-order valence-corrected chi connectivity index (χ2v) is 6.38. The van der Waals surface area contributed by atoms with Gasteiger partial charge in [0.15, 0.2) is 0 Å². The van der Waals surface area contributed by atoms with E-state index in [0.29, 0.717) is 12.5 Å². The molecule has 0 saturated carbocycles. The van der Waals surface area contributed by atoms with Crippen LogP contribution in [0, 0.1) is 6.92 Å². The van der Waals surface area contributed by atoms with Crippen LogP contribution in [-0.4, -0.2) is 24.5 Å². The highest BCUT2D eigenvalue weighted by Gasteiger charge is 2.33. The van der Waals surface area contributed by atoms with Gasteiger partial charge in [-0.3, -0.25) is 4.79 Å². The molecule has 1 aromatic rings. The van der Waals surface area contributed by atoms with Crippen LogP contribution >= 0.6 is 0 Å². The number of nitrogens with zero attached hydrogens (tertiary/aromatic N) is 1. The topological polar surface area (TPSA) is 32.3 Å². The molecular formula is C16H24N2O. The van der Waals surface area contributed by atoms with Gasteiger partial charge in [0.25, 0.3) is 0 Å². The van der Waals surface area contributed by atoms with Gasteiger partial charge in [0, 0.05) is 12.1 Å². The molecule has 104 valence electrons. The van der Waals surface area contributed by atoms with E-state index >= 15 is 0 Å². The van der Waals surface area contributed by atoms with Gasteiger partial charge >= 0.3 is 0 Å². The molecule has 0 radical (unpaired) electrons. The Morgan fingerprint density at radius 2 is 2.00 bits per heavy atom. The molecule has 3 nitrogen and oxygen atoms in total. The minimum atomic E-state index is -0.0373. The number of benzene rings is 1. The van der Waals surface area contributed by atoms with Crippen molar-refractivity contribution in [3.63, 3.8) is 0 Å². The van der Waals surface area contributed by atoms with Crippen LogP contribution in [0.5, 0.6) is 0 Å². The molecule has 1 aromatic carbocycles. The van der Waals surface area contributed by atoms with Crippen LogP contribution in [0.2, 0.25) is 0 Å². The number of para-hydroxylation sites is 1. The highest BCUT2D eigenvalue weighted by atomic mass is 16.2. The number of piperazine rings is 1. The zero-order valence-electron chi connectivity index (χ0n) is 12.6. The molecule has 1 N–H and O–H groups in total. The first-order valence-corrected chi connectivity index (χ1v) is 6.97. The molecule has 0 aromatic heterocycles. The zero-order valence-corrected chi connectivity index (χ0v) is 12.6. The number of hydrogen-bond donors (Lipinski definition) is 1. The lowest BCUT2D eigenvalue weighted by Gasteiger charge is -2.40. The maximum Gasteiger partial charge on any atom is 0.241 e. The number of rotatable bonds is 2. The summed E-state index contributed by atoms with van der Waals surface area (Å²) in [5.74, 6) is 0.580. The minimum Gasteiger partial charge on any atom is -0.309 e. The molecule has 1 fully saturated rings. The highest BCUT2D eigenvalue weighted by molar-refractivity contribution is 5.97. The van der Waals surface area contributed by atoms with Crippen LogP contribution in [0.15, 0.2) is 18.2 Å². The standard InChI is InChI=1S/C16H24N2O/c1-11(2)13-8-6-7-12(3)15(13)18-10-16(4,5)17-9-14(18)19/h6-8,11,17H,9-10H2,1-5H3. The quantitative estimate of drug-likeness (QED) is 0.887. The van der Waals surface area contributed by atoms with E-state index in [1.165, 1.54) is 11.1 Å².